The van der Waals surface area contributed by atoms with Gasteiger partial charge in [-0.05, 0) is 24.7 Å². The maximum absolute atomic E-state index is 12.5. The van der Waals surface area contributed by atoms with Crippen LogP contribution in [0.1, 0.15) is 36.4 Å². The first-order valence-corrected chi connectivity index (χ1v) is 7.68. The van der Waals surface area contributed by atoms with Gasteiger partial charge in [0.15, 0.2) is 5.13 Å². The molecule has 0 aromatic carbocycles. The molecule has 0 bridgehead atoms. The monoisotopic (exact) mass is 280 g/mol. The maximum Gasteiger partial charge on any atom is 0.267 e. The van der Waals surface area contributed by atoms with Crippen molar-refractivity contribution >= 4 is 28.2 Å². The highest BCUT2D eigenvalue weighted by molar-refractivity contribution is 7.18. The van der Waals surface area contributed by atoms with E-state index in [4.69, 9.17) is 5.73 Å². The van der Waals surface area contributed by atoms with Crippen LogP contribution >= 0.6 is 11.3 Å². The van der Waals surface area contributed by atoms with Gasteiger partial charge in [-0.15, -0.1) is 0 Å². The summed E-state index contributed by atoms with van der Waals surface area (Å²) in [7, 11) is 0. The third kappa shape index (κ3) is 2.54. The Balaban J connectivity index is 1.73. The third-order valence-electron chi connectivity index (χ3n) is 4.03. The maximum atomic E-state index is 12.5. The Bertz CT molecular complexity index is 487. The highest BCUT2D eigenvalue weighted by Gasteiger charge is 2.32. The molecule has 5 nitrogen and oxygen atoms in total. The van der Waals surface area contributed by atoms with Crippen LogP contribution in [0.3, 0.4) is 0 Å². The summed E-state index contributed by atoms with van der Waals surface area (Å²) in [5, 5.41) is 4.08. The van der Waals surface area contributed by atoms with Crippen molar-refractivity contribution in [3.8, 4) is 0 Å². The first-order chi connectivity index (χ1) is 9.04. The molecule has 1 aliphatic heterocycles. The molecule has 2 unspecified atom stereocenters. The minimum Gasteiger partial charge on any atom is -0.382 e. The van der Waals surface area contributed by atoms with E-state index in [-0.39, 0.29) is 5.91 Å². The van der Waals surface area contributed by atoms with Crippen molar-refractivity contribution in [1.82, 2.24) is 9.88 Å². The third-order valence-corrected chi connectivity index (χ3v) is 5.02. The first-order valence-electron chi connectivity index (χ1n) is 6.86. The van der Waals surface area contributed by atoms with Crippen LogP contribution in [0.25, 0.3) is 0 Å². The standard InChI is InChI=1S/C13H20N4OS/c1-7-5-17(6-8(7)2)12(18)10-11(14)16-13(19-10)15-9-3-4-9/h7-9H,3-6,14H2,1-2H3,(H,15,16). The number of amides is 1. The normalized spacial score (nSPS) is 26.7. The summed E-state index contributed by atoms with van der Waals surface area (Å²) < 4.78 is 0. The van der Waals surface area contributed by atoms with Crippen LogP contribution in [0, 0.1) is 11.8 Å². The molecule has 0 radical (unpaired) electrons. The summed E-state index contributed by atoms with van der Waals surface area (Å²) >= 11 is 1.39. The lowest BCUT2D eigenvalue weighted by Crippen LogP contribution is -2.28. The number of nitrogens with zero attached hydrogens (tertiary/aromatic N) is 2. The van der Waals surface area contributed by atoms with Crippen molar-refractivity contribution in [2.75, 3.05) is 24.1 Å². The van der Waals surface area contributed by atoms with E-state index in [1.165, 1.54) is 24.2 Å². The van der Waals surface area contributed by atoms with Gasteiger partial charge in [0, 0.05) is 19.1 Å². The smallest absolute Gasteiger partial charge is 0.267 e. The van der Waals surface area contributed by atoms with E-state index in [0.717, 1.165) is 18.2 Å². The van der Waals surface area contributed by atoms with Gasteiger partial charge in [0.05, 0.1) is 0 Å². The summed E-state index contributed by atoms with van der Waals surface area (Å²) in [5.41, 5.74) is 5.89. The van der Waals surface area contributed by atoms with Gasteiger partial charge in [0.1, 0.15) is 10.7 Å². The van der Waals surface area contributed by atoms with E-state index >= 15 is 0 Å². The van der Waals surface area contributed by atoms with Crippen molar-refractivity contribution in [2.24, 2.45) is 11.8 Å². The van der Waals surface area contributed by atoms with Gasteiger partial charge in [-0.25, -0.2) is 4.98 Å². The number of carbonyl (C=O) groups is 1. The first kappa shape index (κ1) is 12.7. The van der Waals surface area contributed by atoms with E-state index < -0.39 is 0 Å². The van der Waals surface area contributed by atoms with Gasteiger partial charge in [-0.1, -0.05) is 25.2 Å². The highest BCUT2D eigenvalue weighted by Crippen LogP contribution is 2.32. The lowest BCUT2D eigenvalue weighted by Gasteiger charge is -2.14. The molecule has 1 saturated carbocycles. The number of aromatic nitrogens is 1. The molecule has 104 valence electrons. The molecular formula is C13H20N4OS. The molecular weight excluding hydrogens is 260 g/mol. The molecule has 2 fully saturated rings. The summed E-state index contributed by atoms with van der Waals surface area (Å²) in [6.45, 7) is 6.02. The summed E-state index contributed by atoms with van der Waals surface area (Å²) in [6.07, 6.45) is 2.37. The number of likely N-dealkylation sites (tertiary alicyclic amines) is 1. The number of rotatable bonds is 3. The molecule has 3 N–H and O–H groups in total. The van der Waals surface area contributed by atoms with Crippen LogP contribution in [0.4, 0.5) is 10.9 Å². The van der Waals surface area contributed by atoms with E-state index in [1.807, 2.05) is 4.90 Å². The molecule has 2 atom stereocenters. The molecule has 1 aliphatic carbocycles. The molecule has 2 heterocycles. The second kappa shape index (κ2) is 4.67. The average molecular weight is 280 g/mol. The lowest BCUT2D eigenvalue weighted by molar-refractivity contribution is 0.0790. The molecule has 3 rings (SSSR count). The fourth-order valence-electron chi connectivity index (χ4n) is 2.39. The summed E-state index contributed by atoms with van der Waals surface area (Å²) in [6, 6.07) is 0.528. The summed E-state index contributed by atoms with van der Waals surface area (Å²) in [4.78, 5) is 19.2. The second-order valence-electron chi connectivity index (χ2n) is 5.82. The molecule has 1 aromatic heterocycles. The van der Waals surface area contributed by atoms with Crippen molar-refractivity contribution in [2.45, 2.75) is 32.7 Å². The molecule has 1 saturated heterocycles. The zero-order valence-electron chi connectivity index (χ0n) is 11.3. The molecule has 19 heavy (non-hydrogen) atoms. The zero-order chi connectivity index (χ0) is 13.6. The predicted octanol–water partition coefficient (Wildman–Crippen LogP) is 2.03. The fraction of sp³-hybridized carbons (Fsp3) is 0.692. The number of carbonyl (C=O) groups excluding carboxylic acids is 1. The fourth-order valence-corrected chi connectivity index (χ4v) is 3.32. The van der Waals surface area contributed by atoms with Crippen molar-refractivity contribution in [3.63, 3.8) is 0 Å². The van der Waals surface area contributed by atoms with Crippen LogP contribution in [-0.2, 0) is 0 Å². The van der Waals surface area contributed by atoms with Crippen molar-refractivity contribution in [1.29, 1.82) is 0 Å². The number of hydrogen-bond acceptors (Lipinski definition) is 5. The minimum atomic E-state index is 0.0371. The Morgan fingerprint density at radius 2 is 2.00 bits per heavy atom. The van der Waals surface area contributed by atoms with Crippen LogP contribution < -0.4 is 11.1 Å². The Kier molecular flexibility index (Phi) is 3.12. The Morgan fingerprint density at radius 3 is 2.58 bits per heavy atom. The van der Waals surface area contributed by atoms with Gasteiger partial charge >= 0.3 is 0 Å². The topological polar surface area (TPSA) is 71.2 Å². The van der Waals surface area contributed by atoms with E-state index in [0.29, 0.717) is 28.6 Å². The number of nitrogen functional groups attached to an aromatic ring is 1. The Labute approximate surface area is 117 Å². The number of anilines is 2. The van der Waals surface area contributed by atoms with Crippen LogP contribution in [-0.4, -0.2) is 34.9 Å². The SMILES string of the molecule is CC1CN(C(=O)c2sc(NC3CC3)nc2N)CC1C. The van der Waals surface area contributed by atoms with Crippen molar-refractivity contribution in [3.05, 3.63) is 4.88 Å². The van der Waals surface area contributed by atoms with E-state index in [1.54, 1.807) is 0 Å². The van der Waals surface area contributed by atoms with Gasteiger partial charge in [-0.2, -0.15) is 0 Å². The van der Waals surface area contributed by atoms with Crippen LogP contribution in [0.5, 0.6) is 0 Å². The molecule has 6 heteroatoms. The number of nitrogens with one attached hydrogen (secondary N) is 1. The van der Waals surface area contributed by atoms with Gasteiger partial charge in [0.25, 0.3) is 5.91 Å². The molecule has 1 amide bonds. The van der Waals surface area contributed by atoms with Gasteiger partial charge in [0.2, 0.25) is 0 Å². The number of hydrogen-bond donors (Lipinski definition) is 2. The van der Waals surface area contributed by atoms with E-state index in [2.05, 4.69) is 24.1 Å². The molecule has 0 spiro atoms. The van der Waals surface area contributed by atoms with Crippen LogP contribution in [0.2, 0.25) is 0 Å². The predicted molar refractivity (Wildman–Crippen MR) is 77.4 cm³/mol. The average Bonchev–Trinajstić information content (AvgIpc) is 3.00. The Morgan fingerprint density at radius 1 is 1.37 bits per heavy atom. The van der Waals surface area contributed by atoms with Gasteiger partial charge < -0.3 is 16.0 Å². The number of thiazole rings is 1. The number of nitrogens with two attached hydrogens (primary N) is 1. The van der Waals surface area contributed by atoms with Crippen molar-refractivity contribution < 1.29 is 4.79 Å². The largest absolute Gasteiger partial charge is 0.382 e. The van der Waals surface area contributed by atoms with E-state index in [9.17, 15) is 4.79 Å². The quantitative estimate of drug-likeness (QED) is 0.888. The van der Waals surface area contributed by atoms with Crippen LogP contribution in [0.15, 0.2) is 0 Å². The minimum absolute atomic E-state index is 0.0371. The van der Waals surface area contributed by atoms with Gasteiger partial charge in [-0.3, -0.25) is 4.79 Å². The summed E-state index contributed by atoms with van der Waals surface area (Å²) in [5.74, 6) is 1.52. The second-order valence-corrected chi connectivity index (χ2v) is 6.82. The Hall–Kier alpha value is -1.30. The molecule has 2 aliphatic rings. The lowest BCUT2D eigenvalue weighted by atomic mass is 10.0. The highest BCUT2D eigenvalue weighted by atomic mass is 32.1. The zero-order valence-corrected chi connectivity index (χ0v) is 12.2. The molecule has 1 aromatic rings.